The van der Waals surface area contributed by atoms with Crippen molar-refractivity contribution in [2.45, 2.75) is 58.7 Å². The number of hydrogen-bond donors (Lipinski definition) is 0. The Labute approximate surface area is 205 Å². The second-order valence-corrected chi connectivity index (χ2v) is 11.0. The van der Waals surface area contributed by atoms with Gasteiger partial charge in [0.1, 0.15) is 17.5 Å². The lowest BCUT2D eigenvalue weighted by atomic mass is 9.94. The SMILES string of the molecule is Cc1cn2nc(-c3cc(=O)n4cc([C@H]5CCN(C(=O)OC(C)(C)C)C[C@@H]5F)sc4n3)cc(C)c2n1. The fourth-order valence-corrected chi connectivity index (χ4v) is 5.48. The van der Waals surface area contributed by atoms with Gasteiger partial charge < -0.3 is 9.64 Å². The number of carbonyl (C=O) groups is 1. The zero-order valence-corrected chi connectivity index (χ0v) is 21.1. The molecule has 4 aromatic heterocycles. The Kier molecular flexibility index (Phi) is 5.62. The van der Waals surface area contributed by atoms with Crippen LogP contribution in [0.5, 0.6) is 0 Å². The van der Waals surface area contributed by atoms with E-state index in [9.17, 15) is 9.59 Å². The van der Waals surface area contributed by atoms with E-state index in [1.165, 1.54) is 26.7 Å². The third-order valence-corrected chi connectivity index (χ3v) is 7.05. The number of ether oxygens (including phenoxy) is 1. The molecular weight excluding hydrogens is 471 g/mol. The Morgan fingerprint density at radius 3 is 2.66 bits per heavy atom. The molecule has 1 saturated heterocycles. The lowest BCUT2D eigenvalue weighted by molar-refractivity contribution is 0.0113. The third kappa shape index (κ3) is 4.52. The lowest BCUT2D eigenvalue weighted by Crippen LogP contribution is -2.46. The monoisotopic (exact) mass is 498 g/mol. The average Bonchev–Trinajstić information content (AvgIpc) is 3.35. The predicted octanol–water partition coefficient (Wildman–Crippen LogP) is 4.15. The van der Waals surface area contributed by atoms with Crippen molar-refractivity contribution in [1.29, 1.82) is 0 Å². The van der Waals surface area contributed by atoms with Crippen molar-refractivity contribution in [1.82, 2.24) is 28.9 Å². The van der Waals surface area contributed by atoms with E-state index in [0.29, 0.717) is 29.3 Å². The predicted molar refractivity (Wildman–Crippen MR) is 131 cm³/mol. The van der Waals surface area contributed by atoms with Gasteiger partial charge in [-0.2, -0.15) is 5.10 Å². The highest BCUT2D eigenvalue weighted by Crippen LogP contribution is 2.35. The molecule has 35 heavy (non-hydrogen) atoms. The number of aromatic nitrogens is 5. The summed E-state index contributed by atoms with van der Waals surface area (Å²) in [6.45, 7) is 9.52. The average molecular weight is 499 g/mol. The topological polar surface area (TPSA) is 94.1 Å². The van der Waals surface area contributed by atoms with Gasteiger partial charge in [-0.15, -0.1) is 11.3 Å². The van der Waals surface area contributed by atoms with Crippen LogP contribution in [0.2, 0.25) is 0 Å². The lowest BCUT2D eigenvalue weighted by Gasteiger charge is -2.35. The van der Waals surface area contributed by atoms with Crippen LogP contribution in [0.4, 0.5) is 9.18 Å². The minimum Gasteiger partial charge on any atom is -0.444 e. The van der Waals surface area contributed by atoms with Crippen molar-refractivity contribution >= 4 is 28.0 Å². The fraction of sp³-hybridized carbons (Fsp3) is 0.458. The number of hydrogen-bond acceptors (Lipinski definition) is 7. The van der Waals surface area contributed by atoms with E-state index in [2.05, 4.69) is 15.1 Å². The van der Waals surface area contributed by atoms with Crippen molar-refractivity contribution in [2.75, 3.05) is 13.1 Å². The van der Waals surface area contributed by atoms with Crippen LogP contribution in [0, 0.1) is 13.8 Å². The van der Waals surface area contributed by atoms with Crippen molar-refractivity contribution in [3.63, 3.8) is 0 Å². The Bertz CT molecular complexity index is 1500. The summed E-state index contributed by atoms with van der Waals surface area (Å²) in [5.41, 5.74) is 2.67. The van der Waals surface area contributed by atoms with Gasteiger partial charge in [-0.3, -0.25) is 9.20 Å². The quantitative estimate of drug-likeness (QED) is 0.412. The number of thiazole rings is 1. The highest BCUT2D eigenvalue weighted by atomic mass is 32.1. The first-order valence-electron chi connectivity index (χ1n) is 11.5. The van der Waals surface area contributed by atoms with Gasteiger partial charge in [0.05, 0.1) is 24.1 Å². The smallest absolute Gasteiger partial charge is 0.410 e. The van der Waals surface area contributed by atoms with Crippen molar-refractivity contribution in [3.05, 3.63) is 51.0 Å². The number of imidazole rings is 1. The molecule has 5 heterocycles. The van der Waals surface area contributed by atoms with E-state index in [1.54, 1.807) is 31.5 Å². The maximum absolute atomic E-state index is 15.2. The van der Waals surface area contributed by atoms with Gasteiger partial charge in [-0.1, -0.05) is 0 Å². The Hall–Kier alpha value is -3.34. The molecule has 1 amide bonds. The van der Waals surface area contributed by atoms with Crippen LogP contribution in [0.3, 0.4) is 0 Å². The van der Waals surface area contributed by atoms with E-state index in [4.69, 9.17) is 4.74 Å². The Morgan fingerprint density at radius 1 is 1.17 bits per heavy atom. The number of aryl methyl sites for hydroxylation is 2. The van der Waals surface area contributed by atoms with E-state index >= 15 is 4.39 Å². The first kappa shape index (κ1) is 23.4. The number of nitrogens with zero attached hydrogens (tertiary/aromatic N) is 6. The van der Waals surface area contributed by atoms with Crippen LogP contribution in [0.25, 0.3) is 22.0 Å². The molecule has 9 nitrogen and oxygen atoms in total. The normalized spacial score (nSPS) is 19.0. The van der Waals surface area contributed by atoms with E-state index in [0.717, 1.165) is 21.8 Å². The highest BCUT2D eigenvalue weighted by Gasteiger charge is 2.35. The minimum absolute atomic E-state index is 0.0467. The number of fused-ring (bicyclic) bond motifs is 2. The zero-order chi connectivity index (χ0) is 25.1. The molecule has 5 rings (SSSR count). The van der Waals surface area contributed by atoms with Gasteiger partial charge in [0.15, 0.2) is 10.6 Å². The molecule has 0 spiro atoms. The maximum Gasteiger partial charge on any atom is 0.410 e. The Morgan fingerprint density at radius 2 is 1.94 bits per heavy atom. The van der Waals surface area contributed by atoms with Gasteiger partial charge in [0.2, 0.25) is 0 Å². The summed E-state index contributed by atoms with van der Waals surface area (Å²) < 4.78 is 23.7. The number of carbonyl (C=O) groups excluding carboxylic acids is 1. The van der Waals surface area contributed by atoms with Gasteiger partial charge in [-0.05, 0) is 52.7 Å². The van der Waals surface area contributed by atoms with Crippen LogP contribution in [0.1, 0.15) is 49.2 Å². The minimum atomic E-state index is -1.27. The van der Waals surface area contributed by atoms with Crippen LogP contribution < -0.4 is 5.56 Å². The molecule has 0 N–H and O–H groups in total. The number of piperidine rings is 1. The van der Waals surface area contributed by atoms with Crippen molar-refractivity contribution < 1.29 is 13.9 Å². The largest absolute Gasteiger partial charge is 0.444 e. The number of likely N-dealkylation sites (tertiary alicyclic amines) is 1. The van der Waals surface area contributed by atoms with Crippen LogP contribution in [-0.2, 0) is 4.74 Å². The fourth-order valence-electron chi connectivity index (χ4n) is 4.31. The molecule has 1 fully saturated rings. The molecule has 11 heteroatoms. The van der Waals surface area contributed by atoms with Crippen LogP contribution >= 0.6 is 11.3 Å². The maximum atomic E-state index is 15.2. The van der Waals surface area contributed by atoms with E-state index in [1.807, 2.05) is 26.1 Å². The number of alkyl halides is 1. The van der Waals surface area contributed by atoms with Gasteiger partial charge in [0.25, 0.3) is 5.56 Å². The third-order valence-electron chi connectivity index (χ3n) is 5.94. The molecule has 0 unspecified atom stereocenters. The molecule has 0 bridgehead atoms. The molecule has 184 valence electrons. The van der Waals surface area contributed by atoms with Crippen molar-refractivity contribution in [3.8, 4) is 11.4 Å². The standard InChI is InChI=1S/C24H27FN6O3S/c1-13-8-18(28-31-10-14(2)26-21(13)31)17-9-20(32)30-12-19(35-22(30)27-17)15-6-7-29(11-16(15)25)23(33)34-24(3,4)5/h8-10,12,15-16H,6-7,11H2,1-5H3/t15-,16-/m0/s1. The summed E-state index contributed by atoms with van der Waals surface area (Å²) in [5.74, 6) is -0.422. The second kappa shape index (κ2) is 8.40. The molecule has 0 saturated carbocycles. The molecule has 0 radical (unpaired) electrons. The Balaban J connectivity index is 1.42. The number of amides is 1. The first-order valence-corrected chi connectivity index (χ1v) is 12.3. The molecular formula is C24H27FN6O3S. The van der Waals surface area contributed by atoms with Gasteiger partial charge in [0, 0.05) is 29.6 Å². The van der Waals surface area contributed by atoms with Crippen molar-refractivity contribution in [2.24, 2.45) is 0 Å². The summed E-state index contributed by atoms with van der Waals surface area (Å²) in [5, 5.41) is 4.57. The highest BCUT2D eigenvalue weighted by molar-refractivity contribution is 7.17. The van der Waals surface area contributed by atoms with Crippen LogP contribution in [0.15, 0.2) is 29.3 Å². The summed E-state index contributed by atoms with van der Waals surface area (Å²) in [7, 11) is 0. The van der Waals surface area contributed by atoms with Gasteiger partial charge >= 0.3 is 6.09 Å². The summed E-state index contributed by atoms with van der Waals surface area (Å²) in [4.78, 5) is 37.0. The molecule has 1 aliphatic rings. The molecule has 0 aliphatic carbocycles. The molecule has 1 aliphatic heterocycles. The van der Waals surface area contributed by atoms with E-state index in [-0.39, 0.29) is 12.1 Å². The molecule has 4 aromatic rings. The van der Waals surface area contributed by atoms with E-state index < -0.39 is 23.8 Å². The van der Waals surface area contributed by atoms with Gasteiger partial charge in [-0.25, -0.2) is 23.7 Å². The summed E-state index contributed by atoms with van der Waals surface area (Å²) >= 11 is 1.29. The second-order valence-electron chi connectivity index (χ2n) is 9.97. The zero-order valence-electron chi connectivity index (χ0n) is 20.3. The first-order chi connectivity index (χ1) is 16.5. The van der Waals surface area contributed by atoms with Crippen LogP contribution in [-0.4, -0.2) is 59.8 Å². The molecule has 2 atom stereocenters. The molecule has 0 aromatic carbocycles. The number of halogens is 1. The summed E-state index contributed by atoms with van der Waals surface area (Å²) in [6, 6.07) is 3.30. The number of rotatable bonds is 2. The summed E-state index contributed by atoms with van der Waals surface area (Å²) in [6.07, 6.45) is 2.15.